The van der Waals surface area contributed by atoms with Crippen LogP contribution in [0.15, 0.2) is 6.33 Å². The summed E-state index contributed by atoms with van der Waals surface area (Å²) in [6.07, 6.45) is -0.561. The molecule has 0 radical (unpaired) electrons. The van der Waals surface area contributed by atoms with Crippen LogP contribution in [-0.2, 0) is 6.42 Å². The molecule has 3 nitrogen and oxygen atoms in total. The van der Waals surface area contributed by atoms with Crippen molar-refractivity contribution in [2.45, 2.75) is 19.8 Å². The Morgan fingerprint density at radius 2 is 2.21 bits per heavy atom. The van der Waals surface area contributed by atoms with Gasteiger partial charge in [0.2, 0.25) is 0 Å². The predicted molar refractivity (Wildman–Crippen MR) is 50.9 cm³/mol. The highest BCUT2D eigenvalue weighted by Crippen LogP contribution is 2.19. The largest absolute Gasteiger partial charge is 0.364 e. The summed E-state index contributed by atoms with van der Waals surface area (Å²) in [5.41, 5.74) is 0.662. The molecule has 0 aliphatic carbocycles. The highest BCUT2D eigenvalue weighted by Gasteiger charge is 2.09. The molecule has 0 saturated carbocycles. The van der Waals surface area contributed by atoms with E-state index in [0.717, 1.165) is 0 Å². The number of aromatic nitrogens is 2. The van der Waals surface area contributed by atoms with Crippen LogP contribution >= 0.6 is 11.6 Å². The monoisotopic (exact) mass is 221 g/mol. The standard InChI is InChI=1S/C8H10ClF2N3/c1-2-5-7(9)13-4-14-8(5)12-3-6(10)11/h4,6H,2-3H2,1H3,(H,12,13,14). The first-order chi connectivity index (χ1) is 6.65. The number of alkyl halides is 2. The van der Waals surface area contributed by atoms with Crippen molar-refractivity contribution in [1.82, 2.24) is 9.97 Å². The van der Waals surface area contributed by atoms with Gasteiger partial charge < -0.3 is 5.32 Å². The van der Waals surface area contributed by atoms with Crippen LogP contribution in [0.3, 0.4) is 0 Å². The lowest BCUT2D eigenvalue weighted by Crippen LogP contribution is -2.13. The lowest BCUT2D eigenvalue weighted by molar-refractivity contribution is 0.163. The molecule has 0 bridgehead atoms. The van der Waals surface area contributed by atoms with Crippen LogP contribution in [0.4, 0.5) is 14.6 Å². The van der Waals surface area contributed by atoms with E-state index in [1.54, 1.807) is 0 Å². The van der Waals surface area contributed by atoms with E-state index in [2.05, 4.69) is 15.3 Å². The van der Waals surface area contributed by atoms with Crippen LogP contribution in [-0.4, -0.2) is 22.9 Å². The molecule has 1 N–H and O–H groups in total. The number of halogens is 3. The third-order valence-corrected chi connectivity index (χ3v) is 2.00. The number of hydrogen-bond acceptors (Lipinski definition) is 3. The van der Waals surface area contributed by atoms with Crippen molar-refractivity contribution in [3.63, 3.8) is 0 Å². The van der Waals surface area contributed by atoms with E-state index in [1.807, 2.05) is 6.92 Å². The molecular weight excluding hydrogens is 212 g/mol. The molecule has 0 amide bonds. The van der Waals surface area contributed by atoms with Crippen molar-refractivity contribution in [3.8, 4) is 0 Å². The fourth-order valence-corrected chi connectivity index (χ4v) is 1.30. The summed E-state index contributed by atoms with van der Waals surface area (Å²) in [7, 11) is 0. The molecule has 0 aromatic carbocycles. The van der Waals surface area contributed by atoms with Crippen LogP contribution in [0.1, 0.15) is 12.5 Å². The number of hydrogen-bond donors (Lipinski definition) is 1. The first-order valence-electron chi connectivity index (χ1n) is 4.16. The van der Waals surface area contributed by atoms with E-state index in [4.69, 9.17) is 11.6 Å². The average molecular weight is 222 g/mol. The molecule has 0 fully saturated rings. The van der Waals surface area contributed by atoms with Crippen molar-refractivity contribution >= 4 is 17.4 Å². The van der Waals surface area contributed by atoms with Gasteiger partial charge in [-0.3, -0.25) is 0 Å². The van der Waals surface area contributed by atoms with Crippen molar-refractivity contribution in [3.05, 3.63) is 17.0 Å². The maximum absolute atomic E-state index is 11.9. The van der Waals surface area contributed by atoms with Gasteiger partial charge in [-0.15, -0.1) is 0 Å². The Labute approximate surface area is 85.5 Å². The van der Waals surface area contributed by atoms with Gasteiger partial charge in [-0.2, -0.15) is 0 Å². The highest BCUT2D eigenvalue weighted by molar-refractivity contribution is 6.30. The van der Waals surface area contributed by atoms with E-state index in [9.17, 15) is 8.78 Å². The molecule has 1 heterocycles. The van der Waals surface area contributed by atoms with Gasteiger partial charge in [0, 0.05) is 5.56 Å². The lowest BCUT2D eigenvalue weighted by atomic mass is 10.2. The minimum atomic E-state index is -2.41. The maximum Gasteiger partial charge on any atom is 0.255 e. The Morgan fingerprint density at radius 1 is 1.50 bits per heavy atom. The smallest absolute Gasteiger partial charge is 0.255 e. The van der Waals surface area contributed by atoms with E-state index >= 15 is 0 Å². The molecule has 0 aliphatic rings. The second-order valence-corrected chi connectivity index (χ2v) is 2.98. The van der Waals surface area contributed by atoms with Crippen LogP contribution in [0.5, 0.6) is 0 Å². The van der Waals surface area contributed by atoms with Gasteiger partial charge in [0.05, 0.1) is 6.54 Å². The van der Waals surface area contributed by atoms with Gasteiger partial charge in [-0.25, -0.2) is 18.7 Å². The number of anilines is 1. The number of nitrogens with zero attached hydrogens (tertiary/aromatic N) is 2. The van der Waals surface area contributed by atoms with E-state index in [0.29, 0.717) is 23.0 Å². The zero-order chi connectivity index (χ0) is 10.6. The SMILES string of the molecule is CCc1c(Cl)ncnc1NCC(F)F. The summed E-state index contributed by atoms with van der Waals surface area (Å²) >= 11 is 5.77. The summed E-state index contributed by atoms with van der Waals surface area (Å²) in [6, 6.07) is 0. The highest BCUT2D eigenvalue weighted by atomic mass is 35.5. The van der Waals surface area contributed by atoms with Gasteiger partial charge in [0.15, 0.2) is 0 Å². The van der Waals surface area contributed by atoms with Gasteiger partial charge >= 0.3 is 0 Å². The molecule has 0 spiro atoms. The molecule has 14 heavy (non-hydrogen) atoms. The van der Waals surface area contributed by atoms with Gasteiger partial charge in [0.1, 0.15) is 17.3 Å². The topological polar surface area (TPSA) is 37.8 Å². The lowest BCUT2D eigenvalue weighted by Gasteiger charge is -2.09. The zero-order valence-corrected chi connectivity index (χ0v) is 8.35. The van der Waals surface area contributed by atoms with Crippen LogP contribution in [0.2, 0.25) is 5.15 Å². The Morgan fingerprint density at radius 3 is 2.79 bits per heavy atom. The van der Waals surface area contributed by atoms with Crippen molar-refractivity contribution < 1.29 is 8.78 Å². The molecule has 6 heteroatoms. The number of rotatable bonds is 4. The summed E-state index contributed by atoms with van der Waals surface area (Å²) in [4.78, 5) is 7.61. The van der Waals surface area contributed by atoms with E-state index in [-0.39, 0.29) is 0 Å². The molecule has 0 aliphatic heterocycles. The van der Waals surface area contributed by atoms with E-state index < -0.39 is 13.0 Å². The Kier molecular flexibility index (Phi) is 4.00. The van der Waals surface area contributed by atoms with Crippen LogP contribution in [0, 0.1) is 0 Å². The Balaban J connectivity index is 2.80. The first-order valence-corrected chi connectivity index (χ1v) is 4.54. The van der Waals surface area contributed by atoms with Gasteiger partial charge in [-0.05, 0) is 6.42 Å². The first kappa shape index (κ1) is 11.1. The minimum absolute atomic E-state index is 0.305. The normalized spacial score (nSPS) is 10.6. The summed E-state index contributed by atoms with van der Waals surface area (Å²) in [5.74, 6) is 0.382. The molecule has 0 atom stereocenters. The molecule has 1 aromatic rings. The second-order valence-electron chi connectivity index (χ2n) is 2.62. The zero-order valence-electron chi connectivity index (χ0n) is 7.60. The quantitative estimate of drug-likeness (QED) is 0.794. The van der Waals surface area contributed by atoms with Gasteiger partial charge in [0.25, 0.3) is 6.43 Å². The maximum atomic E-state index is 11.9. The van der Waals surface area contributed by atoms with Crippen molar-refractivity contribution in [2.75, 3.05) is 11.9 Å². The van der Waals surface area contributed by atoms with Crippen LogP contribution < -0.4 is 5.32 Å². The summed E-state index contributed by atoms with van der Waals surface area (Å²) in [6.45, 7) is 1.43. The molecule has 0 saturated heterocycles. The van der Waals surface area contributed by atoms with Crippen molar-refractivity contribution in [2.24, 2.45) is 0 Å². The molecule has 78 valence electrons. The second kappa shape index (κ2) is 5.05. The fraction of sp³-hybridized carbons (Fsp3) is 0.500. The van der Waals surface area contributed by atoms with Crippen LogP contribution in [0.25, 0.3) is 0 Å². The summed E-state index contributed by atoms with van der Waals surface area (Å²) < 4.78 is 23.8. The minimum Gasteiger partial charge on any atom is -0.364 e. The summed E-state index contributed by atoms with van der Waals surface area (Å²) in [5, 5.41) is 2.82. The predicted octanol–water partition coefficient (Wildman–Crippen LogP) is 2.37. The Hall–Kier alpha value is -0.970. The Bertz CT molecular complexity index is 307. The molecule has 1 rings (SSSR count). The molecular formula is C8H10ClF2N3. The fourth-order valence-electron chi connectivity index (χ4n) is 1.03. The average Bonchev–Trinajstić information content (AvgIpc) is 2.14. The molecule has 1 aromatic heterocycles. The van der Waals surface area contributed by atoms with Crippen molar-refractivity contribution in [1.29, 1.82) is 0 Å². The number of nitrogens with one attached hydrogen (secondary N) is 1. The third kappa shape index (κ3) is 2.77. The molecule has 0 unspecified atom stereocenters. The van der Waals surface area contributed by atoms with E-state index in [1.165, 1.54) is 6.33 Å². The third-order valence-electron chi connectivity index (χ3n) is 1.67. The van der Waals surface area contributed by atoms with Gasteiger partial charge in [-0.1, -0.05) is 18.5 Å².